The van der Waals surface area contributed by atoms with Gasteiger partial charge in [-0.25, -0.2) is 9.44 Å². The fourth-order valence-electron chi connectivity index (χ4n) is 2.00. The molecule has 0 aliphatic carbocycles. The second kappa shape index (κ2) is 4.51. The summed E-state index contributed by atoms with van der Waals surface area (Å²) >= 11 is 2.31. The van der Waals surface area contributed by atoms with E-state index in [1.54, 1.807) is 6.20 Å². The summed E-state index contributed by atoms with van der Waals surface area (Å²) in [7, 11) is 0. The lowest BCUT2D eigenvalue weighted by Gasteiger charge is -2.08. The normalized spacial score (nSPS) is 11.9. The molecule has 2 aromatic heterocycles. The summed E-state index contributed by atoms with van der Waals surface area (Å²) in [5.41, 5.74) is 8.92. The highest BCUT2D eigenvalue weighted by molar-refractivity contribution is 14.2. The van der Waals surface area contributed by atoms with E-state index in [-0.39, 0.29) is 0 Å². The first-order valence-electron chi connectivity index (χ1n) is 5.35. The van der Waals surface area contributed by atoms with Crippen LogP contribution in [0.1, 0.15) is 5.82 Å². The van der Waals surface area contributed by atoms with E-state index in [1.165, 1.54) is 0 Å². The molecule has 7 heteroatoms. The van der Waals surface area contributed by atoms with E-state index in [9.17, 15) is 0 Å². The van der Waals surface area contributed by atoms with Crippen molar-refractivity contribution >= 4 is 45.0 Å². The average Bonchev–Trinajstić information content (AvgIpc) is 2.94. The topological polar surface area (TPSA) is 61.7 Å². The molecule has 0 fully saturated rings. The Kier molecular flexibility index (Phi) is 2.99. The molecule has 2 N–H and O–H groups in total. The van der Waals surface area contributed by atoms with Crippen molar-refractivity contribution in [2.45, 2.75) is 6.92 Å². The van der Waals surface area contributed by atoms with Crippen LogP contribution in [0.3, 0.4) is 0 Å². The van der Waals surface area contributed by atoms with E-state index >= 15 is 0 Å². The molecule has 1 aromatic carbocycles. The van der Waals surface area contributed by atoms with Crippen molar-refractivity contribution < 1.29 is 0 Å². The van der Waals surface area contributed by atoms with Gasteiger partial charge in [-0.2, -0.15) is 5.10 Å². The minimum atomic E-state index is 0.559. The molecular formula is C11H11IN5P. The number of halogens is 1. The molecule has 1 unspecified atom stereocenters. The first-order chi connectivity index (χ1) is 8.70. The summed E-state index contributed by atoms with van der Waals surface area (Å²) in [6.45, 7) is 1.97. The van der Waals surface area contributed by atoms with Gasteiger partial charge in [0.05, 0.1) is 23.8 Å². The van der Waals surface area contributed by atoms with Gasteiger partial charge in [-0.1, -0.05) is 0 Å². The predicted octanol–water partition coefficient (Wildman–Crippen LogP) is 2.90. The molecule has 0 saturated carbocycles. The number of nitrogens with two attached hydrogens (primary N) is 1. The van der Waals surface area contributed by atoms with Gasteiger partial charge in [-0.15, -0.1) is 0 Å². The number of hydrogen-bond donors (Lipinski definition) is 1. The van der Waals surface area contributed by atoms with Crippen LogP contribution in [0.25, 0.3) is 16.6 Å². The van der Waals surface area contributed by atoms with Crippen LogP contribution in [0.15, 0.2) is 30.7 Å². The van der Waals surface area contributed by atoms with E-state index in [0.717, 1.165) is 28.1 Å². The van der Waals surface area contributed by atoms with Gasteiger partial charge < -0.3 is 10.3 Å². The summed E-state index contributed by atoms with van der Waals surface area (Å²) in [6.07, 6.45) is 6.10. The highest BCUT2D eigenvalue weighted by Crippen LogP contribution is 2.32. The Balaban J connectivity index is 2.29. The highest BCUT2D eigenvalue weighted by atomic mass is 127. The Labute approximate surface area is 119 Å². The van der Waals surface area contributed by atoms with E-state index < -0.39 is 0 Å². The Morgan fingerprint density at radius 1 is 1.39 bits per heavy atom. The molecule has 0 bridgehead atoms. The number of aryl methyl sites for hydroxylation is 1. The van der Waals surface area contributed by atoms with Crippen LogP contribution in [-0.2, 0) is 0 Å². The van der Waals surface area contributed by atoms with Gasteiger partial charge in [-0.3, -0.25) is 0 Å². The summed E-state index contributed by atoms with van der Waals surface area (Å²) < 4.78 is 3.98. The summed E-state index contributed by atoms with van der Waals surface area (Å²) in [4.78, 5) is 4.23. The largest absolute Gasteiger partial charge is 0.398 e. The lowest BCUT2D eigenvalue weighted by atomic mass is 10.2. The van der Waals surface area contributed by atoms with Crippen molar-refractivity contribution in [1.82, 2.24) is 19.1 Å². The molecule has 0 saturated heterocycles. The summed E-state index contributed by atoms with van der Waals surface area (Å²) in [6, 6.07) is 4.05. The second-order valence-electron chi connectivity index (χ2n) is 3.95. The number of hydrogen-bond acceptors (Lipinski definition) is 3. The van der Waals surface area contributed by atoms with Gasteiger partial charge in [0, 0.05) is 23.5 Å². The maximum atomic E-state index is 6.09. The van der Waals surface area contributed by atoms with Crippen molar-refractivity contribution in [3.8, 4) is 5.69 Å². The van der Waals surface area contributed by atoms with Gasteiger partial charge in [0.2, 0.25) is 0 Å². The fraction of sp³-hybridized carbons (Fsp3) is 0.0909. The van der Waals surface area contributed by atoms with Crippen LogP contribution in [0.2, 0.25) is 0 Å². The van der Waals surface area contributed by atoms with Gasteiger partial charge in [0.25, 0.3) is 0 Å². The zero-order chi connectivity index (χ0) is 12.7. The number of imidazole rings is 1. The Morgan fingerprint density at radius 2 is 2.22 bits per heavy atom. The molecule has 1 atom stereocenters. The number of anilines is 1. The lowest BCUT2D eigenvalue weighted by molar-refractivity contribution is 0.974. The number of rotatable bonds is 2. The third-order valence-corrected chi connectivity index (χ3v) is 4.78. The third-order valence-electron chi connectivity index (χ3n) is 2.89. The zero-order valence-corrected chi connectivity index (χ0v) is 12.8. The smallest absolute Gasteiger partial charge is 0.110 e. The van der Waals surface area contributed by atoms with E-state index in [1.807, 2.05) is 34.4 Å². The highest BCUT2D eigenvalue weighted by Gasteiger charge is 2.09. The SMILES string of the molecule is Cc1nccn1-c1cc(N)c2cnn(PI)c2c1. The third kappa shape index (κ3) is 1.80. The van der Waals surface area contributed by atoms with Crippen LogP contribution in [0.5, 0.6) is 0 Å². The molecule has 0 aliphatic heterocycles. The molecule has 0 amide bonds. The monoisotopic (exact) mass is 371 g/mol. The van der Waals surface area contributed by atoms with Crippen LogP contribution >= 0.6 is 28.4 Å². The molecule has 3 rings (SSSR count). The number of aromatic nitrogens is 4. The van der Waals surface area contributed by atoms with Crippen molar-refractivity contribution in [3.63, 3.8) is 0 Å². The molecule has 18 heavy (non-hydrogen) atoms. The van der Waals surface area contributed by atoms with Crippen molar-refractivity contribution in [3.05, 3.63) is 36.5 Å². The van der Waals surface area contributed by atoms with E-state index in [0.29, 0.717) is 6.37 Å². The molecule has 0 spiro atoms. The molecule has 5 nitrogen and oxygen atoms in total. The molecule has 3 aromatic rings. The first kappa shape index (κ1) is 11.9. The maximum Gasteiger partial charge on any atom is 0.110 e. The first-order valence-corrected chi connectivity index (χ1v) is 9.41. The molecule has 92 valence electrons. The van der Waals surface area contributed by atoms with Gasteiger partial charge in [0.15, 0.2) is 0 Å². The minimum absolute atomic E-state index is 0.559. The summed E-state index contributed by atoms with van der Waals surface area (Å²) in [5.74, 6) is 0.941. The Bertz CT molecular complexity index is 717. The molecule has 0 radical (unpaired) electrons. The van der Waals surface area contributed by atoms with Crippen molar-refractivity contribution in [1.29, 1.82) is 0 Å². The Hall–Kier alpha value is -1.14. The average molecular weight is 371 g/mol. The number of benzene rings is 1. The lowest BCUT2D eigenvalue weighted by Crippen LogP contribution is -1.98. The number of nitrogens with zero attached hydrogens (tertiary/aromatic N) is 4. The van der Waals surface area contributed by atoms with E-state index in [4.69, 9.17) is 5.73 Å². The molecule has 0 aliphatic rings. The number of fused-ring (bicyclic) bond motifs is 1. The molecule has 2 heterocycles. The van der Waals surface area contributed by atoms with Gasteiger partial charge in [-0.05, 0) is 41.1 Å². The quantitative estimate of drug-likeness (QED) is 0.428. The van der Waals surface area contributed by atoms with Gasteiger partial charge in [0.1, 0.15) is 5.82 Å². The van der Waals surface area contributed by atoms with Crippen LogP contribution in [0, 0.1) is 6.92 Å². The van der Waals surface area contributed by atoms with Crippen LogP contribution in [-0.4, -0.2) is 19.1 Å². The van der Waals surface area contributed by atoms with Gasteiger partial charge >= 0.3 is 0 Å². The van der Waals surface area contributed by atoms with Crippen molar-refractivity contribution in [2.75, 3.05) is 5.73 Å². The zero-order valence-electron chi connectivity index (χ0n) is 9.63. The number of nitrogen functional groups attached to an aromatic ring is 1. The summed E-state index contributed by atoms with van der Waals surface area (Å²) in [5, 5.41) is 5.34. The van der Waals surface area contributed by atoms with Crippen molar-refractivity contribution in [2.24, 2.45) is 0 Å². The maximum absolute atomic E-state index is 6.09. The fourth-order valence-corrected chi connectivity index (χ4v) is 3.53. The molecular weight excluding hydrogens is 360 g/mol. The van der Waals surface area contributed by atoms with Crippen LogP contribution < -0.4 is 5.73 Å². The van der Waals surface area contributed by atoms with E-state index in [2.05, 4.69) is 38.2 Å². The predicted molar refractivity (Wildman–Crippen MR) is 83.7 cm³/mol. The minimum Gasteiger partial charge on any atom is -0.398 e. The Morgan fingerprint density at radius 3 is 2.89 bits per heavy atom. The second-order valence-corrected chi connectivity index (χ2v) is 5.99. The van der Waals surface area contributed by atoms with Crippen LogP contribution in [0.4, 0.5) is 5.69 Å². The standard InChI is InChI=1S/C11H11IN5P/c1-7-14-2-3-16(7)8-4-10(13)9-6-15-17(18-12)11(9)5-8/h2-6,18H,13H2,1H3.